The summed E-state index contributed by atoms with van der Waals surface area (Å²) in [6.07, 6.45) is 1.48. The van der Waals surface area contributed by atoms with Crippen molar-refractivity contribution in [3.05, 3.63) is 75.4 Å². The molecule has 0 aromatic heterocycles. The average Bonchev–Trinajstić information content (AvgIpc) is 2.61. The van der Waals surface area contributed by atoms with Crippen LogP contribution in [-0.2, 0) is 9.59 Å². The molecule has 3 N–H and O–H groups in total. The molecule has 0 atom stereocenters. The minimum atomic E-state index is -1.17. The van der Waals surface area contributed by atoms with Crippen molar-refractivity contribution in [2.75, 3.05) is 6.54 Å². The molecule has 2 rings (SSSR count). The summed E-state index contributed by atoms with van der Waals surface area (Å²) in [7, 11) is 0. The molecule has 0 spiro atoms. The van der Waals surface area contributed by atoms with E-state index in [4.69, 9.17) is 5.11 Å². The van der Waals surface area contributed by atoms with Crippen molar-refractivity contribution < 1.29 is 19.5 Å². The van der Waals surface area contributed by atoms with E-state index in [9.17, 15) is 14.4 Å². The fraction of sp³-hybridized carbons (Fsp3) is 0.105. The molecule has 0 saturated heterocycles. The van der Waals surface area contributed by atoms with E-state index >= 15 is 0 Å². The van der Waals surface area contributed by atoms with Gasteiger partial charge < -0.3 is 15.7 Å². The van der Waals surface area contributed by atoms with Gasteiger partial charge in [-0.1, -0.05) is 45.8 Å². The highest BCUT2D eigenvalue weighted by Gasteiger charge is 2.15. The van der Waals surface area contributed by atoms with Gasteiger partial charge in [0.05, 0.1) is 0 Å². The number of rotatable bonds is 6. The summed E-state index contributed by atoms with van der Waals surface area (Å²) in [6, 6.07) is 14.0. The number of carbonyl (C=O) groups excluding carboxylic acids is 2. The lowest BCUT2D eigenvalue weighted by Crippen LogP contribution is -2.37. The average molecular weight is 417 g/mol. The Morgan fingerprint density at radius 3 is 2.23 bits per heavy atom. The number of nitrogens with one attached hydrogen (secondary N) is 2. The summed E-state index contributed by atoms with van der Waals surface area (Å²) in [5.41, 5.74) is 2.03. The predicted molar refractivity (Wildman–Crippen MR) is 101 cm³/mol. The first-order valence-electron chi connectivity index (χ1n) is 7.70. The minimum absolute atomic E-state index is 0.0425. The van der Waals surface area contributed by atoms with Crippen LogP contribution in [0, 0.1) is 6.92 Å². The monoisotopic (exact) mass is 416 g/mol. The van der Waals surface area contributed by atoms with E-state index < -0.39 is 24.3 Å². The second-order valence-corrected chi connectivity index (χ2v) is 6.42. The Kier molecular flexibility index (Phi) is 6.68. The van der Waals surface area contributed by atoms with E-state index in [1.165, 1.54) is 6.08 Å². The van der Waals surface area contributed by atoms with Crippen molar-refractivity contribution in [2.24, 2.45) is 0 Å². The Morgan fingerprint density at radius 2 is 1.65 bits per heavy atom. The first-order chi connectivity index (χ1) is 12.3. The molecule has 134 valence electrons. The molecular weight excluding hydrogens is 400 g/mol. The zero-order valence-corrected chi connectivity index (χ0v) is 15.5. The van der Waals surface area contributed by atoms with E-state index in [2.05, 4.69) is 26.6 Å². The Labute approximate surface area is 159 Å². The van der Waals surface area contributed by atoms with E-state index in [-0.39, 0.29) is 5.70 Å². The van der Waals surface area contributed by atoms with E-state index in [0.717, 1.165) is 10.0 Å². The van der Waals surface area contributed by atoms with Gasteiger partial charge in [0.15, 0.2) is 0 Å². The molecular formula is C19H17BrN2O4. The van der Waals surface area contributed by atoms with Gasteiger partial charge in [-0.15, -0.1) is 0 Å². The van der Waals surface area contributed by atoms with Crippen LogP contribution in [0.25, 0.3) is 6.08 Å². The number of benzene rings is 2. The lowest BCUT2D eigenvalue weighted by molar-refractivity contribution is -0.137. The molecule has 0 radical (unpaired) electrons. The minimum Gasteiger partial charge on any atom is -0.480 e. The van der Waals surface area contributed by atoms with Gasteiger partial charge in [0, 0.05) is 10.0 Å². The van der Waals surface area contributed by atoms with Crippen LogP contribution >= 0.6 is 15.9 Å². The molecule has 0 aliphatic heterocycles. The Morgan fingerprint density at radius 1 is 1.04 bits per heavy atom. The molecule has 0 heterocycles. The molecule has 2 amide bonds. The standard InChI is InChI=1S/C19H17BrN2O4/c1-12-2-6-14(7-3-12)18(25)22-16(19(26)21-11-17(23)24)10-13-4-8-15(20)9-5-13/h2-10H,11H2,1H3,(H,21,26)(H,22,25)(H,23,24). The van der Waals surface area contributed by atoms with Gasteiger partial charge in [0.25, 0.3) is 11.8 Å². The summed E-state index contributed by atoms with van der Waals surface area (Å²) in [5, 5.41) is 13.5. The molecule has 2 aromatic carbocycles. The predicted octanol–water partition coefficient (Wildman–Crippen LogP) is 2.73. The van der Waals surface area contributed by atoms with E-state index in [1.54, 1.807) is 48.5 Å². The van der Waals surface area contributed by atoms with Crippen molar-refractivity contribution >= 4 is 39.8 Å². The molecule has 0 aliphatic rings. The van der Waals surface area contributed by atoms with Gasteiger partial charge >= 0.3 is 5.97 Å². The van der Waals surface area contributed by atoms with Crippen molar-refractivity contribution in [2.45, 2.75) is 6.92 Å². The quantitative estimate of drug-likeness (QED) is 0.630. The Balaban J connectivity index is 2.25. The smallest absolute Gasteiger partial charge is 0.322 e. The lowest BCUT2D eigenvalue weighted by Gasteiger charge is -2.10. The summed E-state index contributed by atoms with van der Waals surface area (Å²) >= 11 is 3.32. The fourth-order valence-electron chi connectivity index (χ4n) is 2.03. The van der Waals surface area contributed by atoms with Crippen LogP contribution in [0.5, 0.6) is 0 Å². The van der Waals surface area contributed by atoms with Gasteiger partial charge in [0.1, 0.15) is 12.2 Å². The van der Waals surface area contributed by atoms with Crippen LogP contribution in [0.3, 0.4) is 0 Å². The SMILES string of the molecule is Cc1ccc(C(=O)NC(=Cc2ccc(Br)cc2)C(=O)NCC(=O)O)cc1. The molecule has 0 aliphatic carbocycles. The van der Waals surface area contributed by atoms with Gasteiger partial charge in [-0.05, 0) is 42.8 Å². The molecule has 0 fully saturated rings. The van der Waals surface area contributed by atoms with Crippen molar-refractivity contribution in [1.29, 1.82) is 0 Å². The number of aryl methyl sites for hydroxylation is 1. The maximum absolute atomic E-state index is 12.4. The maximum Gasteiger partial charge on any atom is 0.322 e. The maximum atomic E-state index is 12.4. The lowest BCUT2D eigenvalue weighted by atomic mass is 10.1. The number of aliphatic carboxylic acids is 1. The zero-order valence-electron chi connectivity index (χ0n) is 14.0. The van der Waals surface area contributed by atoms with Crippen LogP contribution in [0.1, 0.15) is 21.5 Å². The zero-order chi connectivity index (χ0) is 19.1. The number of carboxylic acids is 1. The number of hydrogen-bond donors (Lipinski definition) is 3. The molecule has 0 bridgehead atoms. The van der Waals surface area contributed by atoms with Gasteiger partial charge in [-0.2, -0.15) is 0 Å². The largest absolute Gasteiger partial charge is 0.480 e. The number of carboxylic acid groups (broad SMARTS) is 1. The van der Waals surface area contributed by atoms with Crippen LogP contribution in [0.4, 0.5) is 0 Å². The van der Waals surface area contributed by atoms with Crippen LogP contribution in [0.15, 0.2) is 58.7 Å². The van der Waals surface area contributed by atoms with Crippen molar-refractivity contribution in [1.82, 2.24) is 10.6 Å². The number of halogens is 1. The highest BCUT2D eigenvalue weighted by Crippen LogP contribution is 2.13. The van der Waals surface area contributed by atoms with Crippen LogP contribution in [0.2, 0.25) is 0 Å². The van der Waals surface area contributed by atoms with Crippen molar-refractivity contribution in [3.8, 4) is 0 Å². The van der Waals surface area contributed by atoms with E-state index in [0.29, 0.717) is 11.1 Å². The third kappa shape index (κ3) is 5.86. The third-order valence-corrected chi connectivity index (χ3v) is 3.92. The van der Waals surface area contributed by atoms with Crippen LogP contribution < -0.4 is 10.6 Å². The van der Waals surface area contributed by atoms with Crippen LogP contribution in [-0.4, -0.2) is 29.4 Å². The second-order valence-electron chi connectivity index (χ2n) is 5.51. The molecule has 0 unspecified atom stereocenters. The first kappa shape index (κ1) is 19.4. The topological polar surface area (TPSA) is 95.5 Å². The highest BCUT2D eigenvalue weighted by atomic mass is 79.9. The third-order valence-electron chi connectivity index (χ3n) is 3.39. The Bertz CT molecular complexity index is 843. The number of amides is 2. The first-order valence-corrected chi connectivity index (χ1v) is 8.50. The molecule has 0 saturated carbocycles. The van der Waals surface area contributed by atoms with Gasteiger partial charge in [-0.25, -0.2) is 0 Å². The highest BCUT2D eigenvalue weighted by molar-refractivity contribution is 9.10. The van der Waals surface area contributed by atoms with Gasteiger partial charge in [0.2, 0.25) is 0 Å². The summed E-state index contributed by atoms with van der Waals surface area (Å²) < 4.78 is 0.871. The molecule has 2 aromatic rings. The normalized spacial score (nSPS) is 10.9. The number of hydrogen-bond acceptors (Lipinski definition) is 3. The summed E-state index contributed by atoms with van der Waals surface area (Å²) in [5.74, 6) is -2.32. The fourth-order valence-corrected chi connectivity index (χ4v) is 2.30. The summed E-state index contributed by atoms with van der Waals surface area (Å²) in [4.78, 5) is 35.3. The van der Waals surface area contributed by atoms with Gasteiger partial charge in [-0.3, -0.25) is 14.4 Å². The Hall–Kier alpha value is -2.93. The second kappa shape index (κ2) is 8.96. The van der Waals surface area contributed by atoms with Crippen molar-refractivity contribution in [3.63, 3.8) is 0 Å². The number of carbonyl (C=O) groups is 3. The molecule has 26 heavy (non-hydrogen) atoms. The van der Waals surface area contributed by atoms with E-state index in [1.807, 2.05) is 6.92 Å². The summed E-state index contributed by atoms with van der Waals surface area (Å²) in [6.45, 7) is 1.36. The molecule has 6 nitrogen and oxygen atoms in total. The molecule has 7 heteroatoms.